The Morgan fingerprint density at radius 3 is 2.39 bits per heavy atom. The molecule has 8 nitrogen and oxygen atoms in total. The molecule has 31 heavy (non-hydrogen) atoms. The largest absolute Gasteiger partial charge is 0.493 e. The van der Waals surface area contributed by atoms with Gasteiger partial charge in [0.05, 0.1) is 19.8 Å². The number of amides is 1. The Kier molecular flexibility index (Phi) is 8.52. The van der Waals surface area contributed by atoms with Gasteiger partial charge in [-0.05, 0) is 26.2 Å². The number of rotatable bonds is 6. The molecular weight excluding hydrogens is 421 g/mol. The lowest BCUT2D eigenvalue weighted by Gasteiger charge is -2.22. The van der Waals surface area contributed by atoms with Crippen LogP contribution in [0.4, 0.5) is 13.2 Å². The number of carbonyl (C=O) groups is 2. The van der Waals surface area contributed by atoms with Crippen LogP contribution in [0.1, 0.15) is 0 Å². The van der Waals surface area contributed by atoms with Crippen molar-refractivity contribution in [2.24, 2.45) is 11.8 Å². The average molecular weight is 448 g/mol. The Hall–Kier alpha value is -2.53. The van der Waals surface area contributed by atoms with Gasteiger partial charge in [-0.3, -0.25) is 4.79 Å². The van der Waals surface area contributed by atoms with Crippen molar-refractivity contribution in [1.82, 2.24) is 9.80 Å². The Balaban J connectivity index is 0.000000423. The molecule has 0 saturated carbocycles. The molecule has 0 aliphatic carbocycles. The molecule has 3 rings (SSSR count). The molecule has 0 unspecified atom stereocenters. The van der Waals surface area contributed by atoms with Crippen molar-refractivity contribution >= 4 is 11.9 Å². The van der Waals surface area contributed by atoms with Gasteiger partial charge in [0, 0.05) is 31.5 Å². The van der Waals surface area contributed by atoms with Gasteiger partial charge in [0.2, 0.25) is 0 Å². The van der Waals surface area contributed by atoms with Crippen LogP contribution in [0.2, 0.25) is 0 Å². The molecule has 2 aliphatic rings. The van der Waals surface area contributed by atoms with Crippen LogP contribution in [-0.4, -0.2) is 93.1 Å². The van der Waals surface area contributed by atoms with Crippen molar-refractivity contribution in [3.8, 4) is 11.5 Å². The number of benzene rings is 1. The lowest BCUT2D eigenvalue weighted by molar-refractivity contribution is -0.192. The van der Waals surface area contributed by atoms with Gasteiger partial charge in [-0.1, -0.05) is 12.1 Å². The number of para-hydroxylation sites is 2. The van der Waals surface area contributed by atoms with Gasteiger partial charge in [-0.2, -0.15) is 13.2 Å². The molecule has 1 aromatic rings. The van der Waals surface area contributed by atoms with Crippen LogP contribution in [-0.2, 0) is 14.3 Å². The van der Waals surface area contributed by atoms with Crippen molar-refractivity contribution < 1.29 is 42.1 Å². The molecule has 11 heteroatoms. The first kappa shape index (κ1) is 24.7. The van der Waals surface area contributed by atoms with Gasteiger partial charge in [-0.25, -0.2) is 4.79 Å². The van der Waals surface area contributed by atoms with E-state index < -0.39 is 12.1 Å². The van der Waals surface area contributed by atoms with E-state index in [1.54, 1.807) is 13.2 Å². The predicted molar refractivity (Wildman–Crippen MR) is 104 cm³/mol. The highest BCUT2D eigenvalue weighted by molar-refractivity contribution is 5.78. The summed E-state index contributed by atoms with van der Waals surface area (Å²) in [5.41, 5.74) is 0. The summed E-state index contributed by atoms with van der Waals surface area (Å²) in [5.74, 6) is -0.594. The third-order valence-corrected chi connectivity index (χ3v) is 5.05. The van der Waals surface area contributed by atoms with E-state index in [0.29, 0.717) is 29.9 Å². The van der Waals surface area contributed by atoms with Crippen LogP contribution in [0.15, 0.2) is 24.3 Å². The summed E-state index contributed by atoms with van der Waals surface area (Å²) in [6.45, 7) is 3.26. The van der Waals surface area contributed by atoms with Gasteiger partial charge in [0.1, 0.15) is 0 Å². The summed E-state index contributed by atoms with van der Waals surface area (Å²) in [6, 6.07) is 7.36. The Bertz CT molecular complexity index is 759. The highest BCUT2D eigenvalue weighted by Gasteiger charge is 2.45. The monoisotopic (exact) mass is 448 g/mol. The van der Waals surface area contributed by atoms with Crippen molar-refractivity contribution in [3.63, 3.8) is 0 Å². The zero-order chi connectivity index (χ0) is 23.2. The van der Waals surface area contributed by atoms with Gasteiger partial charge < -0.3 is 29.1 Å². The fourth-order valence-electron chi connectivity index (χ4n) is 3.63. The number of fused-ring (bicyclic) bond motifs is 1. The molecule has 0 bridgehead atoms. The quantitative estimate of drug-likeness (QED) is 0.709. The number of aliphatic carboxylic acids is 1. The Morgan fingerprint density at radius 1 is 1.23 bits per heavy atom. The minimum atomic E-state index is -5.08. The van der Waals surface area contributed by atoms with Crippen molar-refractivity contribution in [2.45, 2.75) is 12.3 Å². The van der Waals surface area contributed by atoms with Crippen molar-refractivity contribution in [1.29, 1.82) is 0 Å². The number of nitrogens with zero attached hydrogens (tertiary/aromatic N) is 2. The first-order valence-electron chi connectivity index (χ1n) is 9.63. The lowest BCUT2D eigenvalue weighted by Crippen LogP contribution is -2.36. The van der Waals surface area contributed by atoms with Gasteiger partial charge in [-0.15, -0.1) is 0 Å². The fraction of sp³-hybridized carbons (Fsp3) is 0.600. The SMILES string of the molecule is COc1ccccc1OCC(=O)N1C[C@@H]2[C@H](CN(C)C)CO[C@@H]2C1.O=C(O)C(F)(F)F. The molecule has 1 aromatic carbocycles. The normalized spacial score (nSPS) is 22.5. The highest BCUT2D eigenvalue weighted by Crippen LogP contribution is 2.34. The maximum Gasteiger partial charge on any atom is 0.490 e. The van der Waals surface area contributed by atoms with Crippen LogP contribution in [0, 0.1) is 11.8 Å². The number of carboxylic acid groups (broad SMARTS) is 1. The average Bonchev–Trinajstić information content (AvgIpc) is 3.28. The molecule has 174 valence electrons. The number of hydrogen-bond acceptors (Lipinski definition) is 6. The Morgan fingerprint density at radius 2 is 1.84 bits per heavy atom. The number of alkyl halides is 3. The first-order chi connectivity index (χ1) is 14.5. The topological polar surface area (TPSA) is 88.5 Å². The summed E-state index contributed by atoms with van der Waals surface area (Å²) < 4.78 is 48.5. The zero-order valence-corrected chi connectivity index (χ0v) is 17.6. The zero-order valence-electron chi connectivity index (χ0n) is 17.6. The summed E-state index contributed by atoms with van der Waals surface area (Å²) in [4.78, 5) is 25.4. The van der Waals surface area contributed by atoms with E-state index in [4.69, 9.17) is 24.1 Å². The van der Waals surface area contributed by atoms with Crippen molar-refractivity contribution in [3.05, 3.63) is 24.3 Å². The molecule has 2 saturated heterocycles. The third kappa shape index (κ3) is 7.00. The van der Waals surface area contributed by atoms with E-state index in [0.717, 1.165) is 19.7 Å². The van der Waals surface area contributed by atoms with Crippen molar-refractivity contribution in [2.75, 3.05) is 54.1 Å². The number of likely N-dealkylation sites (tertiary alicyclic amines) is 1. The van der Waals surface area contributed by atoms with E-state index in [1.807, 2.05) is 23.1 Å². The second-order valence-corrected chi connectivity index (χ2v) is 7.60. The summed E-state index contributed by atoms with van der Waals surface area (Å²) in [7, 11) is 5.74. The van der Waals surface area contributed by atoms with E-state index in [-0.39, 0.29) is 18.6 Å². The molecule has 2 aliphatic heterocycles. The molecule has 1 N–H and O–H groups in total. The number of halogens is 3. The highest BCUT2D eigenvalue weighted by atomic mass is 19.4. The number of methoxy groups -OCH3 is 1. The van der Waals surface area contributed by atoms with Gasteiger partial charge in [0.15, 0.2) is 18.1 Å². The number of hydrogen-bond donors (Lipinski definition) is 1. The van der Waals surface area contributed by atoms with Gasteiger partial charge in [0.25, 0.3) is 5.91 Å². The molecule has 2 fully saturated rings. The Labute approximate surface area is 178 Å². The molecule has 1 amide bonds. The number of ether oxygens (including phenoxy) is 3. The maximum absolute atomic E-state index is 12.5. The van der Waals surface area contributed by atoms with Crippen LogP contribution in [0.5, 0.6) is 11.5 Å². The van der Waals surface area contributed by atoms with Crippen LogP contribution < -0.4 is 9.47 Å². The molecule has 2 heterocycles. The predicted octanol–water partition coefficient (Wildman–Crippen LogP) is 1.74. The second-order valence-electron chi connectivity index (χ2n) is 7.60. The van der Waals surface area contributed by atoms with Crippen LogP contribution in [0.3, 0.4) is 0 Å². The maximum atomic E-state index is 12.5. The number of carboxylic acids is 1. The third-order valence-electron chi connectivity index (χ3n) is 5.05. The van der Waals surface area contributed by atoms with Crippen LogP contribution in [0.25, 0.3) is 0 Å². The second kappa shape index (κ2) is 10.7. The summed E-state index contributed by atoms with van der Waals surface area (Å²) in [5, 5.41) is 7.12. The summed E-state index contributed by atoms with van der Waals surface area (Å²) >= 11 is 0. The number of carbonyl (C=O) groups excluding carboxylic acids is 1. The van der Waals surface area contributed by atoms with E-state index in [9.17, 15) is 18.0 Å². The standard InChI is InChI=1S/C18H26N2O4.C2HF3O2/c1-19(2)8-13-11-23-17-10-20(9-14(13)17)18(21)12-24-16-7-5-4-6-15(16)22-3;3-2(4,5)1(6)7/h4-7,13-14,17H,8-12H2,1-3H3;(H,6,7)/t13-,14-,17-;/m1./s1. The minimum absolute atomic E-state index is 0.00232. The minimum Gasteiger partial charge on any atom is -0.493 e. The fourth-order valence-corrected chi connectivity index (χ4v) is 3.63. The first-order valence-corrected chi connectivity index (χ1v) is 9.63. The van der Waals surface area contributed by atoms with E-state index >= 15 is 0 Å². The van der Waals surface area contributed by atoms with Gasteiger partial charge >= 0.3 is 12.1 Å². The molecule has 0 aromatic heterocycles. The van der Waals surface area contributed by atoms with E-state index in [1.165, 1.54) is 0 Å². The van der Waals surface area contributed by atoms with Crippen LogP contribution >= 0.6 is 0 Å². The molecular formula is C20H27F3N2O6. The lowest BCUT2D eigenvalue weighted by atomic mass is 9.93. The molecule has 0 spiro atoms. The smallest absolute Gasteiger partial charge is 0.490 e. The molecule has 3 atom stereocenters. The molecule has 0 radical (unpaired) electrons. The summed E-state index contributed by atoms with van der Waals surface area (Å²) in [6.07, 6.45) is -4.91. The van der Waals surface area contributed by atoms with E-state index in [2.05, 4.69) is 19.0 Å².